The fourth-order valence-corrected chi connectivity index (χ4v) is 1.60. The minimum Gasteiger partial charge on any atom is -0.292 e. The van der Waals surface area contributed by atoms with Crippen LogP contribution in [0.3, 0.4) is 0 Å². The number of rotatable bonds is 3. The van der Waals surface area contributed by atoms with E-state index in [9.17, 15) is 27.6 Å². The number of nitrogens with zero attached hydrogens (tertiary/aromatic N) is 1. The van der Waals surface area contributed by atoms with Gasteiger partial charge in [0.25, 0.3) is 5.56 Å². The Kier molecular flexibility index (Phi) is 3.55. The summed E-state index contributed by atoms with van der Waals surface area (Å²) in [6, 6.07) is 2.84. The molecule has 8 heteroatoms. The third-order valence-corrected chi connectivity index (χ3v) is 2.52. The SMILES string of the molecule is O=C(Cn1cc(F)c(=O)[nH]c1=O)c1c(F)cccc1F. The first-order valence-electron chi connectivity index (χ1n) is 5.36. The number of hydrogen-bond acceptors (Lipinski definition) is 3. The highest BCUT2D eigenvalue weighted by Crippen LogP contribution is 2.13. The molecule has 1 aromatic carbocycles. The first-order chi connectivity index (χ1) is 9.40. The number of hydrogen-bond donors (Lipinski definition) is 1. The van der Waals surface area contributed by atoms with E-state index in [1.807, 2.05) is 0 Å². The lowest BCUT2D eigenvalue weighted by atomic mass is 10.1. The van der Waals surface area contributed by atoms with Crippen molar-refractivity contribution < 1.29 is 18.0 Å². The molecule has 0 atom stereocenters. The summed E-state index contributed by atoms with van der Waals surface area (Å²) in [6.45, 7) is -0.801. The molecule has 1 N–H and O–H groups in total. The standard InChI is InChI=1S/C12H7F3N2O3/c13-6-2-1-3-7(14)10(6)9(18)5-17-4-8(15)11(19)16-12(17)20/h1-4H,5H2,(H,16,19,20). The Morgan fingerprint density at radius 2 is 1.70 bits per heavy atom. The first kappa shape index (κ1) is 13.8. The first-order valence-corrected chi connectivity index (χ1v) is 5.36. The minimum absolute atomic E-state index is 0.498. The molecule has 0 fully saturated rings. The maximum atomic E-state index is 13.4. The van der Waals surface area contributed by atoms with Gasteiger partial charge < -0.3 is 0 Å². The van der Waals surface area contributed by atoms with E-state index in [1.165, 1.54) is 0 Å². The summed E-state index contributed by atoms with van der Waals surface area (Å²) in [4.78, 5) is 35.5. The quantitative estimate of drug-likeness (QED) is 0.849. The highest BCUT2D eigenvalue weighted by Gasteiger charge is 2.18. The van der Waals surface area contributed by atoms with Gasteiger partial charge in [0.15, 0.2) is 5.78 Å². The number of H-pyrrole nitrogens is 1. The van der Waals surface area contributed by atoms with Crippen molar-refractivity contribution in [3.8, 4) is 0 Å². The van der Waals surface area contributed by atoms with E-state index in [0.29, 0.717) is 10.8 Å². The Balaban J connectivity index is 2.41. The van der Waals surface area contributed by atoms with Gasteiger partial charge >= 0.3 is 5.69 Å². The summed E-state index contributed by atoms with van der Waals surface area (Å²) in [5.74, 6) is -4.53. The van der Waals surface area contributed by atoms with Crippen LogP contribution in [0.25, 0.3) is 0 Å². The second-order valence-corrected chi connectivity index (χ2v) is 3.88. The Hall–Kier alpha value is -2.64. The molecule has 0 saturated carbocycles. The fraction of sp³-hybridized carbons (Fsp3) is 0.0833. The summed E-state index contributed by atoms with van der Waals surface area (Å²) in [6.07, 6.45) is 0.498. The van der Waals surface area contributed by atoms with Crippen molar-refractivity contribution in [1.82, 2.24) is 9.55 Å². The number of benzene rings is 1. The lowest BCUT2D eigenvalue weighted by molar-refractivity contribution is 0.0961. The van der Waals surface area contributed by atoms with E-state index in [4.69, 9.17) is 0 Å². The summed E-state index contributed by atoms with van der Waals surface area (Å²) in [7, 11) is 0. The second-order valence-electron chi connectivity index (χ2n) is 3.88. The van der Waals surface area contributed by atoms with E-state index >= 15 is 0 Å². The molecule has 0 aliphatic heterocycles. The molecular weight excluding hydrogens is 277 g/mol. The van der Waals surface area contributed by atoms with E-state index in [2.05, 4.69) is 0 Å². The van der Waals surface area contributed by atoms with Gasteiger partial charge in [-0.1, -0.05) is 6.07 Å². The average molecular weight is 284 g/mol. The molecule has 0 aliphatic carbocycles. The predicted molar refractivity (Wildman–Crippen MR) is 62.0 cm³/mol. The summed E-state index contributed by atoms with van der Waals surface area (Å²) >= 11 is 0. The van der Waals surface area contributed by atoms with Gasteiger partial charge in [-0.3, -0.25) is 19.1 Å². The van der Waals surface area contributed by atoms with E-state index in [1.54, 1.807) is 4.98 Å². The summed E-state index contributed by atoms with van der Waals surface area (Å²) < 4.78 is 40.3. The van der Waals surface area contributed by atoms with Crippen LogP contribution in [0.2, 0.25) is 0 Å². The normalized spacial score (nSPS) is 10.6. The Labute approximate surface area is 109 Å². The van der Waals surface area contributed by atoms with Crippen LogP contribution in [-0.2, 0) is 6.54 Å². The molecule has 0 spiro atoms. The fourth-order valence-electron chi connectivity index (χ4n) is 1.60. The summed E-state index contributed by atoms with van der Waals surface area (Å²) in [5, 5.41) is 0. The van der Waals surface area contributed by atoms with Crippen molar-refractivity contribution in [3.05, 3.63) is 68.2 Å². The largest absolute Gasteiger partial charge is 0.328 e. The number of aromatic nitrogens is 2. The molecule has 5 nitrogen and oxygen atoms in total. The van der Waals surface area contributed by atoms with Crippen molar-refractivity contribution in [2.45, 2.75) is 6.54 Å². The highest BCUT2D eigenvalue weighted by molar-refractivity contribution is 5.96. The predicted octanol–water partition coefficient (Wildman–Crippen LogP) is 0.837. The van der Waals surface area contributed by atoms with Gasteiger partial charge in [-0.2, -0.15) is 4.39 Å². The molecule has 0 unspecified atom stereocenters. The molecule has 0 radical (unpaired) electrons. The van der Waals surface area contributed by atoms with Crippen LogP contribution in [0.1, 0.15) is 10.4 Å². The van der Waals surface area contributed by atoms with Gasteiger partial charge in [0.05, 0.1) is 18.3 Å². The number of ketones is 1. The van der Waals surface area contributed by atoms with Crippen LogP contribution in [0, 0.1) is 17.5 Å². The molecule has 0 saturated heterocycles. The van der Waals surface area contributed by atoms with Crippen LogP contribution < -0.4 is 11.2 Å². The Bertz CT molecular complexity index is 775. The van der Waals surface area contributed by atoms with E-state index in [0.717, 1.165) is 18.2 Å². The van der Waals surface area contributed by atoms with Crippen molar-refractivity contribution in [3.63, 3.8) is 0 Å². The van der Waals surface area contributed by atoms with Gasteiger partial charge in [0.1, 0.15) is 11.6 Å². The molecular formula is C12H7F3N2O3. The van der Waals surface area contributed by atoms with Crippen LogP contribution in [0.4, 0.5) is 13.2 Å². The zero-order chi connectivity index (χ0) is 14.9. The maximum Gasteiger partial charge on any atom is 0.328 e. The second kappa shape index (κ2) is 5.16. The minimum atomic E-state index is -1.29. The van der Waals surface area contributed by atoms with Crippen molar-refractivity contribution in [2.24, 2.45) is 0 Å². The molecule has 0 amide bonds. The van der Waals surface area contributed by atoms with Crippen LogP contribution in [0.15, 0.2) is 34.0 Å². The number of nitrogens with one attached hydrogen (secondary N) is 1. The molecule has 1 heterocycles. The molecule has 104 valence electrons. The maximum absolute atomic E-state index is 13.4. The van der Waals surface area contributed by atoms with Crippen LogP contribution in [0.5, 0.6) is 0 Å². The average Bonchev–Trinajstić information content (AvgIpc) is 2.35. The molecule has 1 aromatic heterocycles. The monoisotopic (exact) mass is 284 g/mol. The molecule has 0 aliphatic rings. The molecule has 20 heavy (non-hydrogen) atoms. The van der Waals surface area contributed by atoms with Gasteiger partial charge in [0.2, 0.25) is 5.82 Å². The third kappa shape index (κ3) is 2.53. The van der Waals surface area contributed by atoms with Gasteiger partial charge in [-0.25, -0.2) is 13.6 Å². The Morgan fingerprint density at radius 3 is 2.30 bits per heavy atom. The molecule has 2 aromatic rings. The van der Waals surface area contributed by atoms with Crippen molar-refractivity contribution in [2.75, 3.05) is 0 Å². The topological polar surface area (TPSA) is 71.9 Å². The number of Topliss-reactive ketones (excluding diaryl/α,β-unsaturated/α-hetero) is 1. The number of carbonyl (C=O) groups is 1. The zero-order valence-corrected chi connectivity index (χ0v) is 9.82. The lowest BCUT2D eigenvalue weighted by Gasteiger charge is -2.06. The van der Waals surface area contributed by atoms with Gasteiger partial charge in [0, 0.05) is 0 Å². The zero-order valence-electron chi connectivity index (χ0n) is 9.82. The number of carbonyl (C=O) groups excluding carboxylic acids is 1. The third-order valence-electron chi connectivity index (χ3n) is 2.52. The van der Waals surface area contributed by atoms with Gasteiger partial charge in [-0.05, 0) is 12.1 Å². The van der Waals surface area contributed by atoms with Crippen molar-refractivity contribution in [1.29, 1.82) is 0 Å². The smallest absolute Gasteiger partial charge is 0.292 e. The summed E-state index contributed by atoms with van der Waals surface area (Å²) in [5.41, 5.74) is -3.12. The number of aromatic amines is 1. The van der Waals surface area contributed by atoms with E-state index < -0.39 is 46.6 Å². The van der Waals surface area contributed by atoms with Gasteiger partial charge in [-0.15, -0.1) is 0 Å². The van der Waals surface area contributed by atoms with Crippen LogP contribution >= 0.6 is 0 Å². The number of halogens is 3. The Morgan fingerprint density at radius 1 is 1.10 bits per heavy atom. The molecule has 2 rings (SSSR count). The van der Waals surface area contributed by atoms with Crippen LogP contribution in [-0.4, -0.2) is 15.3 Å². The highest BCUT2D eigenvalue weighted by atomic mass is 19.1. The van der Waals surface area contributed by atoms with Crippen molar-refractivity contribution >= 4 is 5.78 Å². The lowest BCUT2D eigenvalue weighted by Crippen LogP contribution is -2.33. The van der Waals surface area contributed by atoms with E-state index in [-0.39, 0.29) is 0 Å². The molecule has 0 bridgehead atoms.